The van der Waals surface area contributed by atoms with Gasteiger partial charge in [0.15, 0.2) is 0 Å². The van der Waals surface area contributed by atoms with E-state index in [9.17, 15) is 9.59 Å². The van der Waals surface area contributed by atoms with Crippen LogP contribution in [0, 0.1) is 0 Å². The molecule has 0 unspecified atom stereocenters. The summed E-state index contributed by atoms with van der Waals surface area (Å²) < 4.78 is 5.83. The largest absolute Gasteiger partial charge is 0.463 e. The molecule has 0 aliphatic carbocycles. The lowest BCUT2D eigenvalue weighted by Crippen LogP contribution is -2.20. The molecule has 0 fully saturated rings. The molecule has 1 amide bonds. The molecule has 2 aromatic rings. The molecule has 1 heterocycles. The van der Waals surface area contributed by atoms with Gasteiger partial charge in [0.25, 0.3) is 11.7 Å². The maximum Gasteiger partial charge on any atom is 0.377 e. The van der Waals surface area contributed by atoms with Gasteiger partial charge in [-0.25, -0.2) is 14.5 Å². The number of nitrogens with zero attached hydrogens (tertiary/aromatic N) is 3. The summed E-state index contributed by atoms with van der Waals surface area (Å²) >= 11 is 0. The van der Waals surface area contributed by atoms with Crippen molar-refractivity contribution < 1.29 is 14.3 Å². The van der Waals surface area contributed by atoms with Gasteiger partial charge < -0.3 is 15.8 Å². The SMILES string of the molecule is CNC(=O)c1ccc(N)cc1-n1cnc(C(=O)OC)n1. The van der Waals surface area contributed by atoms with Crippen molar-refractivity contribution in [3.05, 3.63) is 35.9 Å². The number of carbonyl (C=O) groups excluding carboxylic acids is 2. The first-order valence-electron chi connectivity index (χ1n) is 5.68. The number of hydrogen-bond acceptors (Lipinski definition) is 6. The lowest BCUT2D eigenvalue weighted by Gasteiger charge is -2.08. The van der Waals surface area contributed by atoms with Crippen LogP contribution in [0.25, 0.3) is 5.69 Å². The van der Waals surface area contributed by atoms with E-state index in [0.717, 1.165) is 0 Å². The highest BCUT2D eigenvalue weighted by Gasteiger charge is 2.16. The van der Waals surface area contributed by atoms with E-state index in [1.165, 1.54) is 25.2 Å². The number of rotatable bonds is 3. The summed E-state index contributed by atoms with van der Waals surface area (Å²) in [6, 6.07) is 4.75. The predicted molar refractivity (Wildman–Crippen MR) is 70.5 cm³/mol. The molecule has 0 aliphatic rings. The number of nitrogen functional groups attached to an aromatic ring is 1. The summed E-state index contributed by atoms with van der Waals surface area (Å²) in [4.78, 5) is 27.0. The van der Waals surface area contributed by atoms with Crippen LogP contribution < -0.4 is 11.1 Å². The van der Waals surface area contributed by atoms with Crippen molar-refractivity contribution in [2.24, 2.45) is 0 Å². The first-order valence-corrected chi connectivity index (χ1v) is 5.68. The molecule has 2 rings (SSSR count). The number of amides is 1. The lowest BCUT2D eigenvalue weighted by atomic mass is 10.1. The van der Waals surface area contributed by atoms with Gasteiger partial charge >= 0.3 is 5.97 Å². The summed E-state index contributed by atoms with van der Waals surface area (Å²) in [5.74, 6) is -1.05. The Morgan fingerprint density at radius 1 is 1.40 bits per heavy atom. The molecule has 104 valence electrons. The molecular formula is C12H13N5O3. The second-order valence-electron chi connectivity index (χ2n) is 3.86. The third-order valence-electron chi connectivity index (χ3n) is 2.60. The molecule has 0 spiro atoms. The van der Waals surface area contributed by atoms with Gasteiger partial charge in [-0.2, -0.15) is 0 Å². The molecule has 0 saturated heterocycles. The molecule has 0 aliphatic heterocycles. The molecular weight excluding hydrogens is 262 g/mol. The number of esters is 1. The van der Waals surface area contributed by atoms with Crippen LogP contribution >= 0.6 is 0 Å². The molecule has 20 heavy (non-hydrogen) atoms. The van der Waals surface area contributed by atoms with Gasteiger partial charge in [-0.1, -0.05) is 0 Å². The molecule has 0 radical (unpaired) electrons. The van der Waals surface area contributed by atoms with Crippen molar-refractivity contribution in [1.82, 2.24) is 20.1 Å². The number of nitrogens with two attached hydrogens (primary N) is 1. The predicted octanol–water partition coefficient (Wildman–Crippen LogP) is -0.00430. The molecule has 8 heteroatoms. The maximum absolute atomic E-state index is 11.8. The fourth-order valence-corrected chi connectivity index (χ4v) is 1.63. The molecule has 0 bridgehead atoms. The quantitative estimate of drug-likeness (QED) is 0.602. The maximum atomic E-state index is 11.8. The number of hydrogen-bond donors (Lipinski definition) is 2. The van der Waals surface area contributed by atoms with Crippen molar-refractivity contribution in [3.8, 4) is 5.69 Å². The van der Waals surface area contributed by atoms with E-state index in [0.29, 0.717) is 16.9 Å². The highest BCUT2D eigenvalue weighted by atomic mass is 16.5. The fraction of sp³-hybridized carbons (Fsp3) is 0.167. The monoisotopic (exact) mass is 275 g/mol. The Kier molecular flexibility index (Phi) is 3.65. The Labute approximate surface area is 114 Å². The zero-order valence-electron chi connectivity index (χ0n) is 11.0. The number of nitrogens with one attached hydrogen (secondary N) is 1. The minimum atomic E-state index is -0.658. The van der Waals surface area contributed by atoms with Crippen LogP contribution in [-0.4, -0.2) is 40.8 Å². The smallest absolute Gasteiger partial charge is 0.377 e. The van der Waals surface area contributed by atoms with Gasteiger partial charge in [0, 0.05) is 12.7 Å². The van der Waals surface area contributed by atoms with E-state index in [1.807, 2.05) is 0 Å². The van der Waals surface area contributed by atoms with E-state index in [1.54, 1.807) is 18.2 Å². The number of anilines is 1. The Bertz CT molecular complexity index is 665. The van der Waals surface area contributed by atoms with E-state index < -0.39 is 5.97 Å². The van der Waals surface area contributed by atoms with Crippen LogP contribution in [0.2, 0.25) is 0 Å². The van der Waals surface area contributed by atoms with Crippen LogP contribution in [0.15, 0.2) is 24.5 Å². The van der Waals surface area contributed by atoms with E-state index in [2.05, 4.69) is 20.1 Å². The van der Waals surface area contributed by atoms with Gasteiger partial charge in [0.05, 0.1) is 18.4 Å². The molecule has 8 nitrogen and oxygen atoms in total. The first-order chi connectivity index (χ1) is 9.56. The van der Waals surface area contributed by atoms with Crippen molar-refractivity contribution >= 4 is 17.6 Å². The number of aromatic nitrogens is 3. The summed E-state index contributed by atoms with van der Waals surface area (Å²) in [7, 11) is 2.75. The molecule has 0 atom stereocenters. The third kappa shape index (κ3) is 2.44. The van der Waals surface area contributed by atoms with Gasteiger partial charge in [-0.15, -0.1) is 5.10 Å². The van der Waals surface area contributed by atoms with E-state index in [-0.39, 0.29) is 11.7 Å². The van der Waals surface area contributed by atoms with Gasteiger partial charge in [-0.3, -0.25) is 4.79 Å². The summed E-state index contributed by atoms with van der Waals surface area (Å²) in [6.07, 6.45) is 1.31. The van der Waals surface area contributed by atoms with Gasteiger partial charge in [0.2, 0.25) is 0 Å². The first kappa shape index (κ1) is 13.5. The second-order valence-corrected chi connectivity index (χ2v) is 3.86. The van der Waals surface area contributed by atoms with E-state index >= 15 is 0 Å². The highest BCUT2D eigenvalue weighted by molar-refractivity contribution is 5.98. The summed E-state index contributed by atoms with van der Waals surface area (Å²) in [5, 5.41) is 6.48. The molecule has 0 saturated carbocycles. The normalized spacial score (nSPS) is 10.1. The fourth-order valence-electron chi connectivity index (χ4n) is 1.63. The third-order valence-corrected chi connectivity index (χ3v) is 2.60. The van der Waals surface area contributed by atoms with Crippen LogP contribution in [0.4, 0.5) is 5.69 Å². The average molecular weight is 275 g/mol. The number of methoxy groups -OCH3 is 1. The van der Waals surface area contributed by atoms with Crippen LogP contribution in [-0.2, 0) is 4.74 Å². The zero-order chi connectivity index (χ0) is 14.7. The van der Waals surface area contributed by atoms with Gasteiger partial charge in [-0.05, 0) is 18.2 Å². The summed E-state index contributed by atoms with van der Waals surface area (Å²) in [6.45, 7) is 0. The Morgan fingerprint density at radius 3 is 2.80 bits per heavy atom. The zero-order valence-corrected chi connectivity index (χ0v) is 11.0. The Morgan fingerprint density at radius 2 is 2.15 bits per heavy atom. The number of ether oxygens (including phenoxy) is 1. The Balaban J connectivity index is 2.51. The lowest BCUT2D eigenvalue weighted by molar-refractivity contribution is 0.0587. The Hall–Kier alpha value is -2.90. The second kappa shape index (κ2) is 5.39. The van der Waals surface area contributed by atoms with Gasteiger partial charge in [0.1, 0.15) is 6.33 Å². The van der Waals surface area contributed by atoms with Crippen molar-refractivity contribution in [2.45, 2.75) is 0 Å². The van der Waals surface area contributed by atoms with Crippen molar-refractivity contribution in [2.75, 3.05) is 19.9 Å². The van der Waals surface area contributed by atoms with Crippen molar-refractivity contribution in [3.63, 3.8) is 0 Å². The topological polar surface area (TPSA) is 112 Å². The summed E-state index contributed by atoms with van der Waals surface area (Å²) in [5.41, 5.74) is 6.96. The van der Waals surface area contributed by atoms with Crippen LogP contribution in [0.5, 0.6) is 0 Å². The molecule has 1 aromatic heterocycles. The number of benzene rings is 1. The molecule has 3 N–H and O–H groups in total. The minimum Gasteiger partial charge on any atom is -0.463 e. The standard InChI is InChI=1S/C12H13N5O3/c1-14-11(18)8-4-3-7(13)5-9(8)17-6-15-10(16-17)12(19)20-2/h3-6H,13H2,1-2H3,(H,14,18). The van der Waals surface area contributed by atoms with Crippen molar-refractivity contribution in [1.29, 1.82) is 0 Å². The van der Waals surface area contributed by atoms with Crippen LogP contribution in [0.3, 0.4) is 0 Å². The van der Waals surface area contributed by atoms with E-state index in [4.69, 9.17) is 5.73 Å². The minimum absolute atomic E-state index is 0.0993. The van der Waals surface area contributed by atoms with Crippen LogP contribution in [0.1, 0.15) is 21.0 Å². The molecule has 1 aromatic carbocycles. The number of carbonyl (C=O) groups is 2. The highest BCUT2D eigenvalue weighted by Crippen LogP contribution is 2.17. The average Bonchev–Trinajstić information content (AvgIpc) is 2.95.